The van der Waals surface area contributed by atoms with Crippen LogP contribution in [0, 0.1) is 13.8 Å². The van der Waals surface area contributed by atoms with Gasteiger partial charge >= 0.3 is 0 Å². The first-order chi connectivity index (χ1) is 15.8. The fourth-order valence-corrected chi connectivity index (χ4v) is 5.95. The lowest BCUT2D eigenvalue weighted by molar-refractivity contribution is -0.115. The first-order valence-electron chi connectivity index (χ1n) is 10.9. The lowest BCUT2D eigenvalue weighted by Gasteiger charge is -2.16. The Morgan fingerprint density at radius 1 is 1.24 bits per heavy atom. The van der Waals surface area contributed by atoms with Gasteiger partial charge in [-0.25, -0.2) is 4.98 Å². The van der Waals surface area contributed by atoms with Crippen LogP contribution in [0.1, 0.15) is 42.6 Å². The summed E-state index contributed by atoms with van der Waals surface area (Å²) in [6.45, 7) is 5.62. The molecular formula is C24H25N5O2S2. The van der Waals surface area contributed by atoms with Crippen LogP contribution in [0.25, 0.3) is 15.9 Å². The maximum atomic E-state index is 13.7. The quantitative estimate of drug-likeness (QED) is 0.317. The Morgan fingerprint density at radius 3 is 2.61 bits per heavy atom. The Labute approximate surface area is 199 Å². The van der Waals surface area contributed by atoms with Gasteiger partial charge in [0, 0.05) is 7.05 Å². The van der Waals surface area contributed by atoms with Crippen LogP contribution in [-0.2, 0) is 11.8 Å². The van der Waals surface area contributed by atoms with Gasteiger partial charge in [0.2, 0.25) is 5.91 Å². The van der Waals surface area contributed by atoms with Crippen molar-refractivity contribution in [2.45, 2.75) is 49.9 Å². The van der Waals surface area contributed by atoms with Crippen molar-refractivity contribution in [3.8, 4) is 5.69 Å². The molecule has 4 aromatic rings. The summed E-state index contributed by atoms with van der Waals surface area (Å²) in [5, 5.41) is 10.2. The van der Waals surface area contributed by atoms with Crippen LogP contribution in [0.3, 0.4) is 0 Å². The summed E-state index contributed by atoms with van der Waals surface area (Å²) in [5.41, 5.74) is 4.19. The van der Waals surface area contributed by atoms with E-state index in [-0.39, 0.29) is 11.5 Å². The van der Waals surface area contributed by atoms with Crippen LogP contribution >= 0.6 is 23.1 Å². The molecule has 170 valence electrons. The molecule has 1 N–H and O–H groups in total. The molecule has 1 aliphatic carbocycles. The van der Waals surface area contributed by atoms with Crippen molar-refractivity contribution in [1.82, 2.24) is 19.3 Å². The highest BCUT2D eigenvalue weighted by Crippen LogP contribution is 2.44. The zero-order chi connectivity index (χ0) is 23.3. The number of para-hydroxylation sites is 1. The number of aryl methyl sites for hydroxylation is 2. The Hall–Kier alpha value is -2.91. The summed E-state index contributed by atoms with van der Waals surface area (Å²) in [6.07, 6.45) is 2.25. The van der Waals surface area contributed by atoms with E-state index in [1.54, 1.807) is 9.25 Å². The summed E-state index contributed by atoms with van der Waals surface area (Å²) in [7, 11) is 1.85. The number of hydrogen-bond donors (Lipinski definition) is 1. The van der Waals surface area contributed by atoms with Gasteiger partial charge in [-0.15, -0.1) is 11.3 Å². The highest BCUT2D eigenvalue weighted by molar-refractivity contribution is 8.00. The summed E-state index contributed by atoms with van der Waals surface area (Å²) in [5.74, 6) is 0.310. The zero-order valence-electron chi connectivity index (χ0n) is 19.0. The molecule has 0 spiro atoms. The molecule has 1 fully saturated rings. The Balaban J connectivity index is 1.53. The fraction of sp³-hybridized carbons (Fsp3) is 0.333. The number of rotatable bonds is 6. The van der Waals surface area contributed by atoms with Gasteiger partial charge < -0.3 is 5.32 Å². The Morgan fingerprint density at radius 2 is 1.97 bits per heavy atom. The molecule has 9 heteroatoms. The second kappa shape index (κ2) is 8.46. The molecule has 1 aliphatic rings. The van der Waals surface area contributed by atoms with Crippen LogP contribution in [0.2, 0.25) is 0 Å². The van der Waals surface area contributed by atoms with Gasteiger partial charge in [0.25, 0.3) is 5.56 Å². The largest absolute Gasteiger partial charge is 0.322 e. The summed E-state index contributed by atoms with van der Waals surface area (Å²) in [4.78, 5) is 32.3. The van der Waals surface area contributed by atoms with Crippen LogP contribution < -0.4 is 10.9 Å². The number of nitrogens with zero attached hydrogens (tertiary/aromatic N) is 4. The normalized spacial score (nSPS) is 14.5. The smallest absolute Gasteiger partial charge is 0.267 e. The highest BCUT2D eigenvalue weighted by atomic mass is 32.2. The van der Waals surface area contributed by atoms with Crippen molar-refractivity contribution in [1.29, 1.82) is 0 Å². The van der Waals surface area contributed by atoms with Crippen molar-refractivity contribution in [3.05, 3.63) is 63.0 Å². The molecule has 33 heavy (non-hydrogen) atoms. The standard InChI is InChI=1S/C24H25N5O2S2/c1-13-20(14(2)28(4)27-13)25-21(30)15(3)33-24-26-22-19(18(12-32-22)16-10-11-16)23(31)29(24)17-8-6-5-7-9-17/h5-9,12,15-16H,10-11H2,1-4H3,(H,25,30). The van der Waals surface area contributed by atoms with E-state index in [1.807, 2.05) is 58.2 Å². The van der Waals surface area contributed by atoms with E-state index in [0.29, 0.717) is 11.1 Å². The summed E-state index contributed by atoms with van der Waals surface area (Å²) >= 11 is 2.80. The number of amides is 1. The number of anilines is 1. The Bertz CT molecular complexity index is 1420. The molecule has 0 bridgehead atoms. The molecule has 3 aromatic heterocycles. The Kier molecular flexibility index (Phi) is 5.62. The maximum Gasteiger partial charge on any atom is 0.267 e. The van der Waals surface area contributed by atoms with E-state index in [1.165, 1.54) is 23.1 Å². The molecule has 1 aromatic carbocycles. The fourth-order valence-electron chi connectivity index (χ4n) is 3.96. The van der Waals surface area contributed by atoms with Crippen molar-refractivity contribution >= 4 is 44.9 Å². The van der Waals surface area contributed by atoms with Gasteiger partial charge in [0.05, 0.1) is 33.4 Å². The highest BCUT2D eigenvalue weighted by Gasteiger charge is 2.30. The molecule has 7 nitrogen and oxygen atoms in total. The van der Waals surface area contributed by atoms with Crippen LogP contribution in [-0.4, -0.2) is 30.5 Å². The first kappa shape index (κ1) is 21.9. The average molecular weight is 480 g/mol. The predicted molar refractivity (Wildman–Crippen MR) is 134 cm³/mol. The summed E-state index contributed by atoms with van der Waals surface area (Å²) in [6, 6.07) is 9.52. The van der Waals surface area contributed by atoms with Gasteiger partial charge in [-0.2, -0.15) is 5.10 Å². The molecular weight excluding hydrogens is 454 g/mol. The number of nitrogens with one attached hydrogen (secondary N) is 1. The number of thioether (sulfide) groups is 1. The van der Waals surface area contributed by atoms with Crippen LogP contribution in [0.15, 0.2) is 45.7 Å². The lowest BCUT2D eigenvalue weighted by atomic mass is 10.1. The van der Waals surface area contributed by atoms with Crippen molar-refractivity contribution in [3.63, 3.8) is 0 Å². The van der Waals surface area contributed by atoms with Gasteiger partial charge in [-0.3, -0.25) is 18.8 Å². The first-order valence-corrected chi connectivity index (χ1v) is 12.7. The molecule has 3 heterocycles. The SMILES string of the molecule is Cc1nn(C)c(C)c1NC(=O)C(C)Sc1nc2scc(C3CC3)c2c(=O)n1-c1ccccc1. The molecule has 5 rings (SSSR count). The number of fused-ring (bicyclic) bond motifs is 1. The third-order valence-electron chi connectivity index (χ3n) is 6.05. The maximum absolute atomic E-state index is 13.7. The van der Waals surface area contributed by atoms with E-state index >= 15 is 0 Å². The van der Waals surface area contributed by atoms with Crippen molar-refractivity contribution in [2.75, 3.05) is 5.32 Å². The second-order valence-electron chi connectivity index (χ2n) is 8.43. The number of hydrogen-bond acceptors (Lipinski definition) is 6. The minimum Gasteiger partial charge on any atom is -0.322 e. The molecule has 1 amide bonds. The second-order valence-corrected chi connectivity index (χ2v) is 10.6. The van der Waals surface area contributed by atoms with E-state index in [2.05, 4.69) is 15.8 Å². The minimum atomic E-state index is -0.466. The number of carbonyl (C=O) groups excluding carboxylic acids is 1. The van der Waals surface area contributed by atoms with Gasteiger partial charge in [0.1, 0.15) is 4.83 Å². The monoisotopic (exact) mass is 479 g/mol. The average Bonchev–Trinajstić information content (AvgIpc) is 3.51. The number of carbonyl (C=O) groups is 1. The van der Waals surface area contributed by atoms with Crippen LogP contribution in [0.5, 0.6) is 0 Å². The minimum absolute atomic E-state index is 0.0663. The van der Waals surface area contributed by atoms with Crippen molar-refractivity contribution < 1.29 is 4.79 Å². The molecule has 0 radical (unpaired) electrons. The van der Waals surface area contributed by atoms with Gasteiger partial charge in [-0.05, 0) is 62.6 Å². The zero-order valence-corrected chi connectivity index (χ0v) is 20.6. The number of benzene rings is 1. The van der Waals surface area contributed by atoms with E-state index in [0.717, 1.165) is 51.4 Å². The van der Waals surface area contributed by atoms with Crippen molar-refractivity contribution in [2.24, 2.45) is 7.05 Å². The third kappa shape index (κ3) is 4.00. The summed E-state index contributed by atoms with van der Waals surface area (Å²) < 4.78 is 3.40. The van der Waals surface area contributed by atoms with Gasteiger partial charge in [-0.1, -0.05) is 30.0 Å². The van der Waals surface area contributed by atoms with Gasteiger partial charge in [0.15, 0.2) is 5.16 Å². The molecule has 0 saturated heterocycles. The molecule has 1 saturated carbocycles. The lowest BCUT2D eigenvalue weighted by Crippen LogP contribution is -2.26. The van der Waals surface area contributed by atoms with Crippen LogP contribution in [0.4, 0.5) is 5.69 Å². The number of thiophene rings is 1. The van der Waals surface area contributed by atoms with E-state index in [9.17, 15) is 9.59 Å². The van der Waals surface area contributed by atoms with E-state index < -0.39 is 5.25 Å². The topological polar surface area (TPSA) is 81.8 Å². The molecule has 0 aliphatic heterocycles. The molecule has 1 atom stereocenters. The number of aromatic nitrogens is 4. The van der Waals surface area contributed by atoms with E-state index in [4.69, 9.17) is 4.98 Å². The third-order valence-corrected chi connectivity index (χ3v) is 7.99. The molecule has 1 unspecified atom stereocenters. The predicted octanol–water partition coefficient (Wildman–Crippen LogP) is 4.79.